The highest BCUT2D eigenvalue weighted by Gasteiger charge is 2.22. The monoisotopic (exact) mass is 381 g/mol. The molecular weight excluding hydrogens is 346 g/mol. The first-order valence-electron chi connectivity index (χ1n) is 11.2. The van der Waals surface area contributed by atoms with Gasteiger partial charge in [-0.3, -0.25) is 0 Å². The van der Waals surface area contributed by atoms with Crippen molar-refractivity contribution in [3.63, 3.8) is 0 Å². The zero-order valence-electron chi connectivity index (χ0n) is 17.5. The number of rotatable bonds is 5. The minimum Gasteiger partial charge on any atom is -0.356 e. The molecule has 2 saturated heterocycles. The van der Waals surface area contributed by atoms with Gasteiger partial charge in [0.1, 0.15) is 5.82 Å². The number of para-hydroxylation sites is 1. The maximum Gasteiger partial charge on any atom is 0.225 e. The van der Waals surface area contributed by atoms with Crippen LogP contribution >= 0.6 is 0 Å². The number of anilines is 2. The molecule has 0 bridgehead atoms. The number of nitrogens with zero attached hydrogens (tertiary/aromatic N) is 4. The van der Waals surface area contributed by atoms with Gasteiger partial charge in [0.15, 0.2) is 0 Å². The van der Waals surface area contributed by atoms with Crippen molar-refractivity contribution in [1.29, 1.82) is 0 Å². The quantitative estimate of drug-likeness (QED) is 0.823. The van der Waals surface area contributed by atoms with Gasteiger partial charge in [-0.2, -0.15) is 4.98 Å². The van der Waals surface area contributed by atoms with E-state index in [0.717, 1.165) is 36.9 Å². The SMILES string of the molecule is CC(C)CN1CCC[C@@H](Nc2nc(N3CCCCCC3)c3ccccc3n2)C1. The second kappa shape index (κ2) is 9.08. The van der Waals surface area contributed by atoms with Gasteiger partial charge in [-0.05, 0) is 50.3 Å². The van der Waals surface area contributed by atoms with Crippen LogP contribution in [0.3, 0.4) is 0 Å². The second-order valence-corrected chi connectivity index (χ2v) is 8.93. The van der Waals surface area contributed by atoms with Gasteiger partial charge >= 0.3 is 0 Å². The Morgan fingerprint density at radius 2 is 1.79 bits per heavy atom. The predicted molar refractivity (Wildman–Crippen MR) is 118 cm³/mol. The van der Waals surface area contributed by atoms with Crippen LogP contribution in [0.5, 0.6) is 0 Å². The van der Waals surface area contributed by atoms with Crippen molar-refractivity contribution in [2.45, 2.75) is 58.4 Å². The van der Waals surface area contributed by atoms with Crippen molar-refractivity contribution in [2.75, 3.05) is 42.9 Å². The number of hydrogen-bond donors (Lipinski definition) is 1. The minimum atomic E-state index is 0.436. The van der Waals surface area contributed by atoms with Gasteiger partial charge < -0.3 is 15.1 Å². The molecule has 0 unspecified atom stereocenters. The van der Waals surface area contributed by atoms with Gasteiger partial charge in [-0.25, -0.2) is 4.98 Å². The summed E-state index contributed by atoms with van der Waals surface area (Å²) in [4.78, 5) is 15.0. The van der Waals surface area contributed by atoms with Crippen LogP contribution in [0.15, 0.2) is 24.3 Å². The van der Waals surface area contributed by atoms with E-state index in [1.54, 1.807) is 0 Å². The molecule has 0 spiro atoms. The highest BCUT2D eigenvalue weighted by Crippen LogP contribution is 2.28. The van der Waals surface area contributed by atoms with Crippen LogP contribution in [0.4, 0.5) is 11.8 Å². The Bertz CT molecular complexity index is 767. The molecule has 5 heteroatoms. The van der Waals surface area contributed by atoms with E-state index in [-0.39, 0.29) is 0 Å². The lowest BCUT2D eigenvalue weighted by Crippen LogP contribution is -2.43. The van der Waals surface area contributed by atoms with Gasteiger partial charge in [0.05, 0.1) is 5.52 Å². The Morgan fingerprint density at radius 3 is 2.57 bits per heavy atom. The summed E-state index contributed by atoms with van der Waals surface area (Å²) in [6.45, 7) is 10.3. The Balaban J connectivity index is 1.57. The van der Waals surface area contributed by atoms with Crippen LogP contribution in [0.2, 0.25) is 0 Å². The average molecular weight is 382 g/mol. The van der Waals surface area contributed by atoms with E-state index in [2.05, 4.69) is 53.2 Å². The van der Waals surface area contributed by atoms with Crippen molar-refractivity contribution >= 4 is 22.7 Å². The lowest BCUT2D eigenvalue weighted by molar-refractivity contribution is 0.195. The number of fused-ring (bicyclic) bond motifs is 1. The molecule has 1 N–H and O–H groups in total. The van der Waals surface area contributed by atoms with Crippen LogP contribution in [-0.2, 0) is 0 Å². The van der Waals surface area contributed by atoms with Crippen molar-refractivity contribution in [3.05, 3.63) is 24.3 Å². The molecule has 1 aromatic heterocycles. The third-order valence-electron chi connectivity index (χ3n) is 5.95. The van der Waals surface area contributed by atoms with Crippen LogP contribution < -0.4 is 10.2 Å². The molecule has 152 valence electrons. The summed E-state index contributed by atoms with van der Waals surface area (Å²) < 4.78 is 0. The first-order valence-corrected chi connectivity index (χ1v) is 11.2. The van der Waals surface area contributed by atoms with Gasteiger partial charge in [-0.15, -0.1) is 0 Å². The van der Waals surface area contributed by atoms with E-state index in [9.17, 15) is 0 Å². The van der Waals surface area contributed by atoms with Crippen LogP contribution in [0.25, 0.3) is 10.9 Å². The molecule has 0 aliphatic carbocycles. The molecule has 0 amide bonds. The lowest BCUT2D eigenvalue weighted by atomic mass is 10.0. The highest BCUT2D eigenvalue weighted by molar-refractivity contribution is 5.90. The van der Waals surface area contributed by atoms with Gasteiger partial charge in [0, 0.05) is 37.6 Å². The molecule has 2 aliphatic rings. The van der Waals surface area contributed by atoms with E-state index in [0.29, 0.717) is 12.0 Å². The Hall–Kier alpha value is -1.88. The molecule has 1 atom stereocenters. The van der Waals surface area contributed by atoms with E-state index in [1.807, 2.05) is 0 Å². The van der Waals surface area contributed by atoms with Crippen molar-refractivity contribution in [1.82, 2.24) is 14.9 Å². The fourth-order valence-electron chi connectivity index (χ4n) is 4.69. The molecule has 0 radical (unpaired) electrons. The summed E-state index contributed by atoms with van der Waals surface area (Å²) >= 11 is 0. The first kappa shape index (κ1) is 19.4. The molecule has 4 rings (SSSR count). The van der Waals surface area contributed by atoms with Crippen molar-refractivity contribution < 1.29 is 0 Å². The number of hydrogen-bond acceptors (Lipinski definition) is 5. The molecule has 2 fully saturated rings. The molecule has 28 heavy (non-hydrogen) atoms. The predicted octanol–water partition coefficient (Wildman–Crippen LogP) is 4.54. The van der Waals surface area contributed by atoms with Gasteiger partial charge in [0.25, 0.3) is 0 Å². The lowest BCUT2D eigenvalue weighted by Gasteiger charge is -2.34. The number of aromatic nitrogens is 2. The molecular formula is C23H35N5. The Kier molecular flexibility index (Phi) is 6.30. The first-order chi connectivity index (χ1) is 13.7. The van der Waals surface area contributed by atoms with Crippen LogP contribution in [0.1, 0.15) is 52.4 Å². The average Bonchev–Trinajstić information content (AvgIpc) is 2.96. The summed E-state index contributed by atoms with van der Waals surface area (Å²) in [5.41, 5.74) is 1.05. The largest absolute Gasteiger partial charge is 0.356 e. The summed E-state index contributed by atoms with van der Waals surface area (Å²) in [7, 11) is 0. The summed E-state index contributed by atoms with van der Waals surface area (Å²) in [5.74, 6) is 2.63. The molecule has 5 nitrogen and oxygen atoms in total. The Labute approximate surface area is 169 Å². The highest BCUT2D eigenvalue weighted by atomic mass is 15.2. The third kappa shape index (κ3) is 4.75. The fourth-order valence-corrected chi connectivity index (χ4v) is 4.69. The fraction of sp³-hybridized carbons (Fsp3) is 0.652. The smallest absolute Gasteiger partial charge is 0.225 e. The van der Waals surface area contributed by atoms with Gasteiger partial charge in [0.2, 0.25) is 5.95 Å². The van der Waals surface area contributed by atoms with Crippen molar-refractivity contribution in [3.8, 4) is 0 Å². The molecule has 0 saturated carbocycles. The summed E-state index contributed by atoms with van der Waals surface area (Å²) in [6, 6.07) is 8.91. The van der Waals surface area contributed by atoms with Gasteiger partial charge in [-0.1, -0.05) is 38.8 Å². The zero-order chi connectivity index (χ0) is 19.3. The summed E-state index contributed by atoms with van der Waals surface area (Å²) in [5, 5.41) is 4.86. The summed E-state index contributed by atoms with van der Waals surface area (Å²) in [6.07, 6.45) is 7.62. The van der Waals surface area contributed by atoms with E-state index >= 15 is 0 Å². The third-order valence-corrected chi connectivity index (χ3v) is 5.95. The normalized spacial score (nSPS) is 21.8. The molecule has 2 aliphatic heterocycles. The molecule has 1 aromatic carbocycles. The number of nitrogens with one attached hydrogen (secondary N) is 1. The maximum atomic E-state index is 5.03. The maximum absolute atomic E-state index is 5.03. The molecule has 2 aromatic rings. The van der Waals surface area contributed by atoms with Crippen molar-refractivity contribution in [2.24, 2.45) is 5.92 Å². The minimum absolute atomic E-state index is 0.436. The van der Waals surface area contributed by atoms with Crippen LogP contribution in [0, 0.1) is 5.92 Å². The number of piperidine rings is 1. The topological polar surface area (TPSA) is 44.3 Å². The van der Waals surface area contributed by atoms with Crippen LogP contribution in [-0.4, -0.2) is 53.6 Å². The Morgan fingerprint density at radius 1 is 1.00 bits per heavy atom. The van der Waals surface area contributed by atoms with E-state index in [4.69, 9.17) is 9.97 Å². The number of benzene rings is 1. The van der Waals surface area contributed by atoms with E-state index < -0.39 is 0 Å². The second-order valence-electron chi connectivity index (χ2n) is 8.93. The standard InChI is InChI=1S/C23H35N5/c1-18(2)16-27-13-9-10-19(17-27)24-23-25-21-12-6-5-11-20(21)22(26-23)28-14-7-3-4-8-15-28/h5-6,11-12,18-19H,3-4,7-10,13-17H2,1-2H3,(H,24,25,26)/t19-/m1/s1. The van der Waals surface area contributed by atoms with E-state index in [1.165, 1.54) is 57.0 Å². The molecule has 3 heterocycles. The number of likely N-dealkylation sites (tertiary alicyclic amines) is 1. The zero-order valence-corrected chi connectivity index (χ0v) is 17.5.